The van der Waals surface area contributed by atoms with Gasteiger partial charge in [0.05, 0.1) is 12.6 Å². The van der Waals surface area contributed by atoms with Crippen molar-refractivity contribution in [2.75, 3.05) is 24.2 Å². The minimum atomic E-state index is -0.249. The summed E-state index contributed by atoms with van der Waals surface area (Å²) in [6.45, 7) is 2.48. The lowest BCUT2D eigenvalue weighted by Crippen LogP contribution is -2.44. The molecule has 1 aromatic carbocycles. The number of aliphatic hydroxyl groups is 1. The lowest BCUT2D eigenvalue weighted by atomic mass is 10.2. The third kappa shape index (κ3) is 3.68. The van der Waals surface area contributed by atoms with Crippen LogP contribution < -0.4 is 11.1 Å². The molecule has 1 unspecified atom stereocenters. The van der Waals surface area contributed by atoms with Crippen molar-refractivity contribution in [3.05, 3.63) is 24.3 Å². The molecule has 4 N–H and O–H groups in total. The van der Waals surface area contributed by atoms with Crippen molar-refractivity contribution in [1.29, 1.82) is 0 Å². The molecule has 5 nitrogen and oxygen atoms in total. The standard InChI is InChI=1S/C14H21N3O2/c1-10(17(7-8-18)13-5-6-13)14(19)16-12-4-2-3-11(15)9-12/h2-4,9-10,13,18H,5-8,15H2,1H3,(H,16,19). The van der Waals surface area contributed by atoms with Crippen LogP contribution in [0.1, 0.15) is 19.8 Å². The molecule has 1 atom stereocenters. The topological polar surface area (TPSA) is 78.6 Å². The Morgan fingerprint density at radius 1 is 1.58 bits per heavy atom. The molecule has 1 amide bonds. The summed E-state index contributed by atoms with van der Waals surface area (Å²) in [5.74, 6) is -0.0639. The molecule has 104 valence electrons. The van der Waals surface area contributed by atoms with Crippen LogP contribution in [0, 0.1) is 0 Å². The van der Waals surface area contributed by atoms with Gasteiger partial charge in [0.15, 0.2) is 0 Å². The molecule has 19 heavy (non-hydrogen) atoms. The Balaban J connectivity index is 1.98. The molecule has 0 aromatic heterocycles. The Bertz CT molecular complexity index is 446. The number of carbonyl (C=O) groups is 1. The molecule has 1 aliphatic rings. The normalized spacial score (nSPS) is 16.4. The fourth-order valence-electron chi connectivity index (χ4n) is 2.23. The van der Waals surface area contributed by atoms with E-state index < -0.39 is 0 Å². The van der Waals surface area contributed by atoms with Crippen LogP contribution >= 0.6 is 0 Å². The highest BCUT2D eigenvalue weighted by Gasteiger charge is 2.34. The van der Waals surface area contributed by atoms with E-state index in [1.165, 1.54) is 0 Å². The molecule has 0 saturated heterocycles. The maximum Gasteiger partial charge on any atom is 0.241 e. The third-order valence-corrected chi connectivity index (χ3v) is 3.41. The highest BCUT2D eigenvalue weighted by atomic mass is 16.3. The number of rotatable bonds is 6. The Morgan fingerprint density at radius 3 is 2.89 bits per heavy atom. The number of nitrogens with zero attached hydrogens (tertiary/aromatic N) is 1. The number of hydrogen-bond acceptors (Lipinski definition) is 4. The van der Waals surface area contributed by atoms with E-state index >= 15 is 0 Å². The molecule has 5 heteroatoms. The molecule has 0 heterocycles. The summed E-state index contributed by atoms with van der Waals surface area (Å²) in [4.78, 5) is 14.3. The maximum absolute atomic E-state index is 12.2. The Labute approximate surface area is 113 Å². The number of nitrogens with two attached hydrogens (primary N) is 1. The molecular formula is C14H21N3O2. The van der Waals surface area contributed by atoms with Crippen molar-refractivity contribution in [1.82, 2.24) is 4.90 Å². The zero-order valence-electron chi connectivity index (χ0n) is 11.2. The first-order chi connectivity index (χ1) is 9.11. The summed E-state index contributed by atoms with van der Waals surface area (Å²) in [6.07, 6.45) is 2.21. The number of nitrogen functional groups attached to an aromatic ring is 1. The third-order valence-electron chi connectivity index (χ3n) is 3.41. The van der Waals surface area contributed by atoms with Crippen molar-refractivity contribution in [3.63, 3.8) is 0 Å². The molecule has 0 aliphatic heterocycles. The highest BCUT2D eigenvalue weighted by molar-refractivity contribution is 5.94. The second-order valence-electron chi connectivity index (χ2n) is 4.98. The molecule has 1 saturated carbocycles. The largest absolute Gasteiger partial charge is 0.399 e. The second kappa shape index (κ2) is 6.04. The van der Waals surface area contributed by atoms with Crippen LogP contribution in [0.25, 0.3) is 0 Å². The summed E-state index contributed by atoms with van der Waals surface area (Å²) in [7, 11) is 0. The van der Waals surface area contributed by atoms with Gasteiger partial charge in [-0.1, -0.05) is 6.07 Å². The smallest absolute Gasteiger partial charge is 0.241 e. The monoisotopic (exact) mass is 263 g/mol. The van der Waals surface area contributed by atoms with E-state index in [9.17, 15) is 4.79 Å². The minimum absolute atomic E-state index is 0.0639. The number of aliphatic hydroxyl groups excluding tert-OH is 1. The zero-order chi connectivity index (χ0) is 13.8. The van der Waals surface area contributed by atoms with Crippen LogP contribution in [-0.4, -0.2) is 41.1 Å². The van der Waals surface area contributed by atoms with E-state index in [2.05, 4.69) is 10.2 Å². The first-order valence-corrected chi connectivity index (χ1v) is 6.65. The van der Waals surface area contributed by atoms with Gasteiger partial charge in [-0.25, -0.2) is 0 Å². The zero-order valence-corrected chi connectivity index (χ0v) is 11.2. The van der Waals surface area contributed by atoms with Crippen molar-refractivity contribution in [2.45, 2.75) is 31.8 Å². The molecule has 1 fully saturated rings. The predicted molar refractivity (Wildman–Crippen MR) is 75.8 cm³/mol. The first-order valence-electron chi connectivity index (χ1n) is 6.65. The van der Waals surface area contributed by atoms with Crippen LogP contribution in [0.2, 0.25) is 0 Å². The van der Waals surface area contributed by atoms with E-state index in [1.54, 1.807) is 12.1 Å². The number of hydrogen-bond donors (Lipinski definition) is 3. The van der Waals surface area contributed by atoms with Crippen molar-refractivity contribution in [2.24, 2.45) is 0 Å². The van der Waals surface area contributed by atoms with Crippen LogP contribution in [0.5, 0.6) is 0 Å². The fraction of sp³-hybridized carbons (Fsp3) is 0.500. The van der Waals surface area contributed by atoms with Crippen molar-refractivity contribution < 1.29 is 9.90 Å². The van der Waals surface area contributed by atoms with E-state index in [1.807, 2.05) is 19.1 Å². The van der Waals surface area contributed by atoms with Gasteiger partial charge in [0.2, 0.25) is 5.91 Å². The minimum Gasteiger partial charge on any atom is -0.399 e. The summed E-state index contributed by atoms with van der Waals surface area (Å²) in [5.41, 5.74) is 7.01. The molecule has 1 aromatic rings. The average Bonchev–Trinajstić information content (AvgIpc) is 3.19. The van der Waals surface area contributed by atoms with Crippen molar-refractivity contribution in [3.8, 4) is 0 Å². The van der Waals surface area contributed by atoms with Crippen LogP contribution in [0.4, 0.5) is 11.4 Å². The fourth-order valence-corrected chi connectivity index (χ4v) is 2.23. The van der Waals surface area contributed by atoms with Crippen molar-refractivity contribution >= 4 is 17.3 Å². The average molecular weight is 263 g/mol. The Kier molecular flexibility index (Phi) is 4.39. The van der Waals surface area contributed by atoms with Crippen LogP contribution in [0.3, 0.4) is 0 Å². The number of anilines is 2. The quantitative estimate of drug-likeness (QED) is 0.670. The number of amides is 1. The molecule has 0 bridgehead atoms. The molecule has 0 spiro atoms. The van der Waals surface area contributed by atoms with Gasteiger partial charge in [0.25, 0.3) is 0 Å². The van der Waals surface area contributed by atoms with E-state index in [-0.39, 0.29) is 18.6 Å². The van der Waals surface area contributed by atoms with Gasteiger partial charge >= 0.3 is 0 Å². The summed E-state index contributed by atoms with van der Waals surface area (Å²) in [5, 5.41) is 11.9. The highest BCUT2D eigenvalue weighted by Crippen LogP contribution is 2.28. The van der Waals surface area contributed by atoms with Gasteiger partial charge in [-0.2, -0.15) is 0 Å². The number of benzene rings is 1. The SMILES string of the molecule is CC(C(=O)Nc1cccc(N)c1)N(CCO)C1CC1. The molecular weight excluding hydrogens is 242 g/mol. The first kappa shape index (κ1) is 13.8. The molecule has 0 radical (unpaired) electrons. The van der Waals surface area contributed by atoms with Gasteiger partial charge in [0, 0.05) is 24.0 Å². The van der Waals surface area contributed by atoms with Gasteiger partial charge in [-0.05, 0) is 38.0 Å². The van der Waals surface area contributed by atoms with E-state index in [4.69, 9.17) is 10.8 Å². The summed E-state index contributed by atoms with van der Waals surface area (Å²) in [6, 6.07) is 7.32. The molecule has 1 aliphatic carbocycles. The van der Waals surface area contributed by atoms with Gasteiger partial charge in [-0.15, -0.1) is 0 Å². The van der Waals surface area contributed by atoms with Gasteiger partial charge in [0.1, 0.15) is 0 Å². The second-order valence-corrected chi connectivity index (χ2v) is 4.98. The summed E-state index contributed by atoms with van der Waals surface area (Å²) < 4.78 is 0. The van der Waals surface area contributed by atoms with E-state index in [0.29, 0.717) is 24.0 Å². The molecule has 2 rings (SSSR count). The number of nitrogens with one attached hydrogen (secondary N) is 1. The maximum atomic E-state index is 12.2. The van der Waals surface area contributed by atoms with Crippen LogP contribution in [-0.2, 0) is 4.79 Å². The van der Waals surface area contributed by atoms with Crippen LogP contribution in [0.15, 0.2) is 24.3 Å². The summed E-state index contributed by atoms with van der Waals surface area (Å²) >= 11 is 0. The van der Waals surface area contributed by atoms with Gasteiger partial charge < -0.3 is 16.2 Å². The van der Waals surface area contributed by atoms with Gasteiger partial charge in [-0.3, -0.25) is 9.69 Å². The lowest BCUT2D eigenvalue weighted by molar-refractivity contribution is -0.121. The number of carbonyl (C=O) groups excluding carboxylic acids is 1. The Morgan fingerprint density at radius 2 is 2.32 bits per heavy atom. The Hall–Kier alpha value is -1.59. The predicted octanol–water partition coefficient (Wildman–Crippen LogP) is 1.05. The van der Waals surface area contributed by atoms with E-state index in [0.717, 1.165) is 12.8 Å². The lowest BCUT2D eigenvalue weighted by Gasteiger charge is -2.27.